The van der Waals surface area contributed by atoms with E-state index in [0.29, 0.717) is 54.5 Å². The van der Waals surface area contributed by atoms with Crippen molar-refractivity contribution in [2.45, 2.75) is 32.4 Å². The van der Waals surface area contributed by atoms with E-state index in [0.717, 1.165) is 6.42 Å². The van der Waals surface area contributed by atoms with Crippen molar-refractivity contribution < 1.29 is 28.9 Å². The quantitative estimate of drug-likeness (QED) is 0.237. The molecule has 9 heteroatoms. The maximum Gasteiger partial charge on any atom is 0.295 e. The highest BCUT2D eigenvalue weighted by Gasteiger charge is 2.46. The molecule has 1 fully saturated rings. The first-order valence-corrected chi connectivity index (χ1v) is 12.2. The maximum atomic E-state index is 13.3. The van der Waals surface area contributed by atoms with Crippen molar-refractivity contribution >= 4 is 17.4 Å². The minimum atomic E-state index is -0.803. The van der Waals surface area contributed by atoms with E-state index in [1.165, 1.54) is 19.1 Å². The highest BCUT2D eigenvalue weighted by Crippen LogP contribution is 2.42. The Bertz CT molecular complexity index is 1280. The van der Waals surface area contributed by atoms with E-state index in [-0.39, 0.29) is 11.3 Å². The number of Topliss-reactive ketones (excluding diaryl/α,β-unsaturated/α-hetero) is 1. The number of nitrogens with zero attached hydrogens (tertiary/aromatic N) is 3. The summed E-state index contributed by atoms with van der Waals surface area (Å²) in [5, 5.41) is 11.4. The number of methoxy groups -OCH3 is 2. The second-order valence-corrected chi connectivity index (χ2v) is 8.64. The van der Waals surface area contributed by atoms with E-state index < -0.39 is 17.7 Å². The Labute approximate surface area is 215 Å². The smallest absolute Gasteiger partial charge is 0.295 e. The molecule has 2 heterocycles. The number of amides is 1. The van der Waals surface area contributed by atoms with Crippen LogP contribution in [-0.2, 0) is 16.1 Å². The van der Waals surface area contributed by atoms with Crippen LogP contribution in [-0.4, -0.2) is 58.6 Å². The van der Waals surface area contributed by atoms with Crippen molar-refractivity contribution in [1.82, 2.24) is 14.5 Å². The third kappa shape index (κ3) is 5.45. The van der Waals surface area contributed by atoms with Gasteiger partial charge >= 0.3 is 0 Å². The van der Waals surface area contributed by atoms with Crippen molar-refractivity contribution in [3.05, 3.63) is 77.9 Å². The summed E-state index contributed by atoms with van der Waals surface area (Å²) in [6.45, 7) is 3.45. The number of hydrogen-bond donors (Lipinski definition) is 1. The SMILES string of the molecule is CCCOc1cccc(C(O)=C2C(=O)C(=O)N(CCCn3ccnc3)C2c2ccc(OC)c(OC)c2)c1. The van der Waals surface area contributed by atoms with Gasteiger partial charge < -0.3 is 28.8 Å². The maximum absolute atomic E-state index is 13.3. The monoisotopic (exact) mass is 505 g/mol. The number of carbonyl (C=O) groups excluding carboxylic acids is 2. The van der Waals surface area contributed by atoms with Crippen LogP contribution in [0.1, 0.15) is 36.9 Å². The van der Waals surface area contributed by atoms with Gasteiger partial charge in [-0.2, -0.15) is 0 Å². The second-order valence-electron chi connectivity index (χ2n) is 8.64. The van der Waals surface area contributed by atoms with Gasteiger partial charge in [0.25, 0.3) is 11.7 Å². The zero-order valence-corrected chi connectivity index (χ0v) is 21.2. The van der Waals surface area contributed by atoms with E-state index in [2.05, 4.69) is 4.98 Å². The van der Waals surface area contributed by atoms with Crippen LogP contribution in [0.25, 0.3) is 5.76 Å². The third-order valence-electron chi connectivity index (χ3n) is 6.22. The Morgan fingerprint density at radius 2 is 1.86 bits per heavy atom. The molecular weight excluding hydrogens is 474 g/mol. The fraction of sp³-hybridized carbons (Fsp3) is 0.321. The predicted molar refractivity (Wildman–Crippen MR) is 138 cm³/mol. The molecule has 0 spiro atoms. The molecule has 0 bridgehead atoms. The number of ketones is 1. The standard InChI is InChI=1S/C28H31N3O6/c1-4-15-37-21-8-5-7-20(16-21)26(32)24-25(19-9-10-22(35-2)23(17-19)36-3)31(28(34)27(24)33)13-6-12-30-14-11-29-18-30/h5,7-11,14,16-18,25,32H,4,6,12-13,15H2,1-3H3. The number of ether oxygens (including phenoxy) is 3. The summed E-state index contributed by atoms with van der Waals surface area (Å²) in [7, 11) is 3.05. The molecule has 1 atom stereocenters. The van der Waals surface area contributed by atoms with Crippen molar-refractivity contribution in [2.75, 3.05) is 27.4 Å². The number of aliphatic hydroxyl groups is 1. The van der Waals surface area contributed by atoms with E-state index in [1.807, 2.05) is 17.7 Å². The van der Waals surface area contributed by atoms with Crippen molar-refractivity contribution in [1.29, 1.82) is 0 Å². The molecule has 1 saturated heterocycles. The number of aromatic nitrogens is 2. The molecule has 1 amide bonds. The average Bonchev–Trinajstić information content (AvgIpc) is 3.53. The van der Waals surface area contributed by atoms with Gasteiger partial charge in [0.2, 0.25) is 0 Å². The molecule has 0 saturated carbocycles. The summed E-state index contributed by atoms with van der Waals surface area (Å²) in [5.74, 6) is -0.103. The summed E-state index contributed by atoms with van der Waals surface area (Å²) in [4.78, 5) is 32.1. The average molecular weight is 506 g/mol. The third-order valence-corrected chi connectivity index (χ3v) is 6.22. The predicted octanol–water partition coefficient (Wildman–Crippen LogP) is 4.20. The highest BCUT2D eigenvalue weighted by molar-refractivity contribution is 6.46. The lowest BCUT2D eigenvalue weighted by molar-refractivity contribution is -0.139. The molecular formula is C28H31N3O6. The number of rotatable bonds is 11. The molecule has 1 aliphatic rings. The minimum Gasteiger partial charge on any atom is -0.507 e. The number of likely N-dealkylation sites (tertiary alicyclic amines) is 1. The normalized spacial score (nSPS) is 16.7. The first kappa shape index (κ1) is 25.8. The molecule has 1 N–H and O–H groups in total. The van der Waals surface area contributed by atoms with Gasteiger partial charge in [0.15, 0.2) is 11.5 Å². The van der Waals surface area contributed by atoms with Crippen LogP contribution in [0.15, 0.2) is 66.8 Å². The van der Waals surface area contributed by atoms with Crippen LogP contribution in [0.5, 0.6) is 17.2 Å². The van der Waals surface area contributed by atoms with Gasteiger partial charge in [-0.25, -0.2) is 4.98 Å². The molecule has 1 aliphatic heterocycles. The van der Waals surface area contributed by atoms with E-state index in [4.69, 9.17) is 14.2 Å². The zero-order valence-electron chi connectivity index (χ0n) is 21.2. The van der Waals surface area contributed by atoms with Gasteiger partial charge in [-0.15, -0.1) is 0 Å². The number of aliphatic hydroxyl groups excluding tert-OH is 1. The lowest BCUT2D eigenvalue weighted by Crippen LogP contribution is -2.31. The minimum absolute atomic E-state index is 0.0208. The number of imidazole rings is 1. The van der Waals surface area contributed by atoms with Gasteiger partial charge in [0.1, 0.15) is 11.5 Å². The molecule has 1 unspecified atom stereocenters. The molecule has 9 nitrogen and oxygen atoms in total. The first-order chi connectivity index (χ1) is 18.0. The summed E-state index contributed by atoms with van der Waals surface area (Å²) in [6, 6.07) is 11.3. The fourth-order valence-electron chi connectivity index (χ4n) is 4.43. The summed E-state index contributed by atoms with van der Waals surface area (Å²) in [5.41, 5.74) is 1.04. The van der Waals surface area contributed by atoms with Crippen LogP contribution in [0.2, 0.25) is 0 Å². The Balaban J connectivity index is 1.76. The second kappa shape index (κ2) is 11.6. The molecule has 3 aromatic rings. The lowest BCUT2D eigenvalue weighted by atomic mass is 9.95. The van der Waals surface area contributed by atoms with Crippen LogP contribution in [0.4, 0.5) is 0 Å². The Hall–Kier alpha value is -4.27. The summed E-state index contributed by atoms with van der Waals surface area (Å²) >= 11 is 0. The lowest BCUT2D eigenvalue weighted by Gasteiger charge is -2.26. The van der Waals surface area contributed by atoms with Gasteiger partial charge in [0, 0.05) is 31.0 Å². The first-order valence-electron chi connectivity index (χ1n) is 12.2. The number of aryl methyl sites for hydroxylation is 1. The van der Waals surface area contributed by atoms with Gasteiger partial charge in [-0.1, -0.05) is 25.1 Å². The van der Waals surface area contributed by atoms with E-state index in [1.54, 1.807) is 55.0 Å². The summed E-state index contributed by atoms with van der Waals surface area (Å²) < 4.78 is 18.4. The summed E-state index contributed by atoms with van der Waals surface area (Å²) in [6.07, 6.45) is 6.66. The molecule has 0 aliphatic carbocycles. The van der Waals surface area contributed by atoms with Crippen LogP contribution < -0.4 is 14.2 Å². The topological polar surface area (TPSA) is 103 Å². The molecule has 37 heavy (non-hydrogen) atoms. The number of carbonyl (C=O) groups is 2. The molecule has 2 aromatic carbocycles. The zero-order chi connectivity index (χ0) is 26.4. The molecule has 4 rings (SSSR count). The van der Waals surface area contributed by atoms with E-state index >= 15 is 0 Å². The van der Waals surface area contributed by atoms with Crippen LogP contribution in [0, 0.1) is 0 Å². The van der Waals surface area contributed by atoms with Crippen molar-refractivity contribution in [3.63, 3.8) is 0 Å². The van der Waals surface area contributed by atoms with Gasteiger partial charge in [0.05, 0.1) is 38.8 Å². The Morgan fingerprint density at radius 3 is 2.57 bits per heavy atom. The Kier molecular flexibility index (Phi) is 8.12. The van der Waals surface area contributed by atoms with E-state index in [9.17, 15) is 14.7 Å². The molecule has 194 valence electrons. The highest BCUT2D eigenvalue weighted by atomic mass is 16.5. The Morgan fingerprint density at radius 1 is 1.05 bits per heavy atom. The van der Waals surface area contributed by atoms with Crippen LogP contribution >= 0.6 is 0 Å². The van der Waals surface area contributed by atoms with Gasteiger partial charge in [-0.3, -0.25) is 9.59 Å². The molecule has 1 aromatic heterocycles. The largest absolute Gasteiger partial charge is 0.507 e. The number of hydrogen-bond acceptors (Lipinski definition) is 7. The fourth-order valence-corrected chi connectivity index (χ4v) is 4.43. The van der Waals surface area contributed by atoms with Crippen molar-refractivity contribution in [3.8, 4) is 17.2 Å². The number of benzene rings is 2. The van der Waals surface area contributed by atoms with Crippen molar-refractivity contribution in [2.24, 2.45) is 0 Å². The molecule has 0 radical (unpaired) electrons. The van der Waals surface area contributed by atoms with Gasteiger partial charge in [-0.05, 0) is 42.7 Å². The van der Waals surface area contributed by atoms with Crippen LogP contribution in [0.3, 0.4) is 0 Å².